The number of hydrogen-bond donors (Lipinski definition) is 2. The monoisotopic (exact) mass is 246 g/mol. The summed E-state index contributed by atoms with van der Waals surface area (Å²) in [7, 11) is 0. The fraction of sp³-hybridized carbons (Fsp3) is 0.286. The van der Waals surface area contributed by atoms with E-state index in [1.165, 1.54) is 27.1 Å². The van der Waals surface area contributed by atoms with Crippen molar-refractivity contribution in [2.24, 2.45) is 5.84 Å². The molecule has 1 aromatic carbocycles. The molecule has 17 heavy (non-hydrogen) atoms. The summed E-state index contributed by atoms with van der Waals surface area (Å²) in [6, 6.07) is 8.63. The second-order valence-electron chi connectivity index (χ2n) is 4.38. The zero-order chi connectivity index (χ0) is 12.4. The molecule has 2 nitrogen and oxygen atoms in total. The first-order chi connectivity index (χ1) is 8.13. The van der Waals surface area contributed by atoms with Crippen LogP contribution in [-0.4, -0.2) is 0 Å². The fourth-order valence-electron chi connectivity index (χ4n) is 2.07. The van der Waals surface area contributed by atoms with E-state index in [2.05, 4.69) is 55.8 Å². The van der Waals surface area contributed by atoms with Crippen LogP contribution in [0.25, 0.3) is 0 Å². The van der Waals surface area contributed by atoms with Gasteiger partial charge in [0.15, 0.2) is 0 Å². The zero-order valence-corrected chi connectivity index (χ0v) is 11.3. The van der Waals surface area contributed by atoms with E-state index < -0.39 is 0 Å². The van der Waals surface area contributed by atoms with Crippen molar-refractivity contribution in [3.05, 3.63) is 56.8 Å². The van der Waals surface area contributed by atoms with E-state index in [0.717, 1.165) is 0 Å². The van der Waals surface area contributed by atoms with Crippen LogP contribution >= 0.6 is 11.3 Å². The molecule has 0 aliphatic heterocycles. The Hall–Kier alpha value is -1.16. The number of nitrogens with two attached hydrogens (primary N) is 1. The van der Waals surface area contributed by atoms with Crippen molar-refractivity contribution in [3.8, 4) is 0 Å². The molecule has 1 heterocycles. The smallest absolute Gasteiger partial charge is 0.0720 e. The highest BCUT2D eigenvalue weighted by Crippen LogP contribution is 2.28. The number of nitrogens with one attached hydrogen (secondary N) is 1. The lowest BCUT2D eigenvalue weighted by Gasteiger charge is -2.18. The molecule has 0 saturated heterocycles. The van der Waals surface area contributed by atoms with Crippen LogP contribution in [0.1, 0.15) is 33.2 Å². The number of hydrogen-bond acceptors (Lipinski definition) is 3. The van der Waals surface area contributed by atoms with E-state index in [1.807, 2.05) is 0 Å². The third kappa shape index (κ3) is 2.41. The average molecular weight is 246 g/mol. The SMILES string of the molecule is Cc1cc(C(NN)c2cccc(C)c2C)cs1. The summed E-state index contributed by atoms with van der Waals surface area (Å²) >= 11 is 1.76. The van der Waals surface area contributed by atoms with Gasteiger partial charge >= 0.3 is 0 Å². The van der Waals surface area contributed by atoms with Gasteiger partial charge in [0.25, 0.3) is 0 Å². The van der Waals surface area contributed by atoms with Gasteiger partial charge in [-0.1, -0.05) is 18.2 Å². The molecule has 3 N–H and O–H groups in total. The van der Waals surface area contributed by atoms with Gasteiger partial charge in [-0.3, -0.25) is 5.84 Å². The molecule has 0 bridgehead atoms. The van der Waals surface area contributed by atoms with Gasteiger partial charge in [0.05, 0.1) is 6.04 Å². The summed E-state index contributed by atoms with van der Waals surface area (Å²) in [5.41, 5.74) is 8.02. The van der Waals surface area contributed by atoms with Crippen molar-refractivity contribution >= 4 is 11.3 Å². The Balaban J connectivity index is 2.45. The molecule has 0 radical (unpaired) electrons. The number of rotatable bonds is 3. The van der Waals surface area contributed by atoms with Gasteiger partial charge in [0.2, 0.25) is 0 Å². The van der Waals surface area contributed by atoms with E-state index >= 15 is 0 Å². The highest BCUT2D eigenvalue weighted by molar-refractivity contribution is 7.10. The van der Waals surface area contributed by atoms with E-state index in [9.17, 15) is 0 Å². The Bertz CT molecular complexity index is 517. The Morgan fingerprint density at radius 2 is 2.00 bits per heavy atom. The van der Waals surface area contributed by atoms with Gasteiger partial charge in [-0.05, 0) is 54.5 Å². The maximum Gasteiger partial charge on any atom is 0.0720 e. The largest absolute Gasteiger partial charge is 0.271 e. The summed E-state index contributed by atoms with van der Waals surface area (Å²) in [6.45, 7) is 6.39. The molecule has 0 amide bonds. The van der Waals surface area contributed by atoms with Gasteiger partial charge in [0.1, 0.15) is 0 Å². The maximum atomic E-state index is 5.72. The first kappa shape index (κ1) is 12.3. The molecule has 0 saturated carbocycles. The summed E-state index contributed by atoms with van der Waals surface area (Å²) in [5, 5.41) is 2.17. The molecule has 0 aliphatic rings. The summed E-state index contributed by atoms with van der Waals surface area (Å²) in [4.78, 5) is 1.31. The fourth-order valence-corrected chi connectivity index (χ4v) is 2.80. The van der Waals surface area contributed by atoms with Crippen LogP contribution in [0.15, 0.2) is 29.6 Å². The Morgan fingerprint density at radius 3 is 2.59 bits per heavy atom. The number of benzene rings is 1. The lowest BCUT2D eigenvalue weighted by atomic mass is 9.94. The summed E-state index contributed by atoms with van der Waals surface area (Å²) in [5.74, 6) is 5.72. The molecule has 3 heteroatoms. The maximum absolute atomic E-state index is 5.72. The Labute approximate surface area is 106 Å². The second-order valence-corrected chi connectivity index (χ2v) is 5.49. The molecule has 0 spiro atoms. The van der Waals surface area contributed by atoms with Crippen LogP contribution in [0.4, 0.5) is 0 Å². The van der Waals surface area contributed by atoms with Crippen LogP contribution in [-0.2, 0) is 0 Å². The van der Waals surface area contributed by atoms with Crippen molar-refractivity contribution in [1.29, 1.82) is 0 Å². The minimum Gasteiger partial charge on any atom is -0.271 e. The number of thiophene rings is 1. The van der Waals surface area contributed by atoms with Crippen LogP contribution in [0.3, 0.4) is 0 Å². The molecule has 90 valence electrons. The van der Waals surface area contributed by atoms with Crippen LogP contribution < -0.4 is 11.3 Å². The highest BCUT2D eigenvalue weighted by Gasteiger charge is 2.16. The van der Waals surface area contributed by atoms with Gasteiger partial charge in [0, 0.05) is 4.88 Å². The lowest BCUT2D eigenvalue weighted by molar-refractivity contribution is 0.635. The highest BCUT2D eigenvalue weighted by atomic mass is 32.1. The third-order valence-electron chi connectivity index (χ3n) is 3.21. The third-order valence-corrected chi connectivity index (χ3v) is 4.09. The summed E-state index contributed by atoms with van der Waals surface area (Å²) in [6.07, 6.45) is 0. The van der Waals surface area contributed by atoms with Crippen molar-refractivity contribution < 1.29 is 0 Å². The van der Waals surface area contributed by atoms with E-state index in [-0.39, 0.29) is 6.04 Å². The Morgan fingerprint density at radius 1 is 1.24 bits per heavy atom. The van der Waals surface area contributed by atoms with Gasteiger partial charge in [-0.15, -0.1) is 11.3 Å². The predicted octanol–water partition coefficient (Wildman–Crippen LogP) is 3.23. The molecule has 0 fully saturated rings. The molecule has 0 aliphatic carbocycles. The molecular formula is C14H18N2S. The number of aryl methyl sites for hydroxylation is 2. The molecule has 1 atom stereocenters. The summed E-state index contributed by atoms with van der Waals surface area (Å²) < 4.78 is 0. The minimum atomic E-state index is 0.0832. The quantitative estimate of drug-likeness (QED) is 0.644. The van der Waals surface area contributed by atoms with Crippen molar-refractivity contribution in [2.75, 3.05) is 0 Å². The molecular weight excluding hydrogens is 228 g/mol. The van der Waals surface area contributed by atoms with Crippen LogP contribution in [0, 0.1) is 20.8 Å². The first-order valence-electron chi connectivity index (χ1n) is 5.70. The van der Waals surface area contributed by atoms with Gasteiger partial charge in [-0.25, -0.2) is 5.43 Å². The van der Waals surface area contributed by atoms with Crippen LogP contribution in [0.5, 0.6) is 0 Å². The zero-order valence-electron chi connectivity index (χ0n) is 10.4. The first-order valence-corrected chi connectivity index (χ1v) is 6.58. The van der Waals surface area contributed by atoms with Crippen molar-refractivity contribution in [2.45, 2.75) is 26.8 Å². The average Bonchev–Trinajstić information content (AvgIpc) is 2.72. The lowest BCUT2D eigenvalue weighted by Crippen LogP contribution is -2.29. The molecule has 2 rings (SSSR count). The van der Waals surface area contributed by atoms with Crippen molar-refractivity contribution in [1.82, 2.24) is 5.43 Å². The van der Waals surface area contributed by atoms with Crippen molar-refractivity contribution in [3.63, 3.8) is 0 Å². The molecule has 2 aromatic rings. The van der Waals surface area contributed by atoms with E-state index in [4.69, 9.17) is 5.84 Å². The van der Waals surface area contributed by atoms with Gasteiger partial charge < -0.3 is 0 Å². The minimum absolute atomic E-state index is 0.0832. The standard InChI is InChI=1S/C14H18N2S/c1-9-5-4-6-13(11(9)3)14(16-15)12-7-10(2)17-8-12/h4-8,14,16H,15H2,1-3H3. The topological polar surface area (TPSA) is 38.0 Å². The van der Waals surface area contributed by atoms with E-state index in [1.54, 1.807) is 11.3 Å². The second kappa shape index (κ2) is 5.00. The van der Waals surface area contributed by atoms with E-state index in [0.29, 0.717) is 0 Å². The normalized spacial score (nSPS) is 12.7. The predicted molar refractivity (Wildman–Crippen MR) is 74.1 cm³/mol. The number of hydrazine groups is 1. The molecule has 1 aromatic heterocycles. The molecule has 1 unspecified atom stereocenters. The Kier molecular flexibility index (Phi) is 3.62. The van der Waals surface area contributed by atoms with Gasteiger partial charge in [-0.2, -0.15) is 0 Å². The van der Waals surface area contributed by atoms with Crippen LogP contribution in [0.2, 0.25) is 0 Å².